The van der Waals surface area contributed by atoms with E-state index >= 15 is 0 Å². The van der Waals surface area contributed by atoms with Gasteiger partial charge in [-0.3, -0.25) is 4.90 Å². The summed E-state index contributed by atoms with van der Waals surface area (Å²) >= 11 is 2.11. The highest BCUT2D eigenvalue weighted by atomic mass is 32.2. The van der Waals surface area contributed by atoms with E-state index in [0.717, 1.165) is 12.5 Å². The molecule has 3 heteroatoms. The highest BCUT2D eigenvalue weighted by Crippen LogP contribution is 2.46. The summed E-state index contributed by atoms with van der Waals surface area (Å²) in [4.78, 5) is 2.76. The molecule has 2 aliphatic heterocycles. The zero-order valence-electron chi connectivity index (χ0n) is 12.4. The average Bonchev–Trinajstić information content (AvgIpc) is 2.39. The van der Waals surface area contributed by atoms with Crippen LogP contribution < -0.4 is 5.73 Å². The smallest absolute Gasteiger partial charge is 0.0473 e. The van der Waals surface area contributed by atoms with Gasteiger partial charge in [-0.15, -0.1) is 0 Å². The molecule has 0 aromatic rings. The van der Waals surface area contributed by atoms with Crippen molar-refractivity contribution in [1.82, 2.24) is 4.90 Å². The third-order valence-electron chi connectivity index (χ3n) is 5.51. The predicted molar refractivity (Wildman–Crippen MR) is 82.1 cm³/mol. The molecule has 2 atom stereocenters. The van der Waals surface area contributed by atoms with Crippen molar-refractivity contribution in [3.05, 3.63) is 0 Å². The van der Waals surface area contributed by atoms with Gasteiger partial charge in [-0.2, -0.15) is 11.8 Å². The molecule has 0 bridgehead atoms. The quantitative estimate of drug-likeness (QED) is 0.855. The van der Waals surface area contributed by atoms with Crippen LogP contribution in [-0.4, -0.2) is 41.6 Å². The molecule has 2 rings (SSSR count). The fourth-order valence-corrected chi connectivity index (χ4v) is 5.59. The van der Waals surface area contributed by atoms with E-state index in [0.29, 0.717) is 5.41 Å². The van der Waals surface area contributed by atoms with Crippen molar-refractivity contribution in [3.63, 3.8) is 0 Å². The molecule has 0 aromatic carbocycles. The van der Waals surface area contributed by atoms with Crippen molar-refractivity contribution in [1.29, 1.82) is 0 Å². The van der Waals surface area contributed by atoms with E-state index in [1.807, 2.05) is 0 Å². The number of hydrogen-bond donors (Lipinski definition) is 1. The summed E-state index contributed by atoms with van der Waals surface area (Å²) in [5.74, 6) is 3.43. The van der Waals surface area contributed by atoms with Crippen LogP contribution in [-0.2, 0) is 0 Å². The minimum atomic E-state index is 0.240. The highest BCUT2D eigenvalue weighted by molar-refractivity contribution is 7.99. The average molecular weight is 270 g/mol. The Morgan fingerprint density at radius 1 is 1.39 bits per heavy atom. The number of rotatable bonds is 3. The number of hydrogen-bond acceptors (Lipinski definition) is 3. The van der Waals surface area contributed by atoms with Gasteiger partial charge in [0.05, 0.1) is 0 Å². The second-order valence-electron chi connectivity index (χ2n) is 6.78. The van der Waals surface area contributed by atoms with Gasteiger partial charge in [0.2, 0.25) is 0 Å². The van der Waals surface area contributed by atoms with Crippen LogP contribution in [0, 0.1) is 11.3 Å². The zero-order chi connectivity index (χ0) is 13.2. The van der Waals surface area contributed by atoms with Gasteiger partial charge >= 0.3 is 0 Å². The van der Waals surface area contributed by atoms with Crippen molar-refractivity contribution < 1.29 is 0 Å². The molecule has 0 saturated carbocycles. The maximum absolute atomic E-state index is 6.28. The van der Waals surface area contributed by atoms with Crippen LogP contribution in [0.1, 0.15) is 46.5 Å². The van der Waals surface area contributed by atoms with E-state index < -0.39 is 0 Å². The Balaban J connectivity index is 2.19. The summed E-state index contributed by atoms with van der Waals surface area (Å²) in [5, 5.41) is 0. The van der Waals surface area contributed by atoms with Crippen LogP contribution in [0.2, 0.25) is 0 Å². The van der Waals surface area contributed by atoms with Gasteiger partial charge in [0.25, 0.3) is 0 Å². The van der Waals surface area contributed by atoms with E-state index in [1.165, 1.54) is 50.3 Å². The van der Waals surface area contributed by atoms with Crippen LogP contribution >= 0.6 is 11.8 Å². The Kier molecular flexibility index (Phi) is 4.66. The minimum Gasteiger partial charge on any atom is -0.329 e. The number of nitrogens with two attached hydrogens (primary N) is 1. The Morgan fingerprint density at radius 2 is 2.17 bits per heavy atom. The van der Waals surface area contributed by atoms with Crippen molar-refractivity contribution in [2.75, 3.05) is 31.1 Å². The molecule has 2 fully saturated rings. The molecule has 2 N–H and O–H groups in total. The van der Waals surface area contributed by atoms with E-state index in [2.05, 4.69) is 37.4 Å². The molecule has 2 saturated heterocycles. The third kappa shape index (κ3) is 2.46. The van der Waals surface area contributed by atoms with E-state index in [-0.39, 0.29) is 5.54 Å². The largest absolute Gasteiger partial charge is 0.329 e. The lowest BCUT2D eigenvalue weighted by molar-refractivity contribution is -0.0248. The van der Waals surface area contributed by atoms with Crippen LogP contribution in [0.25, 0.3) is 0 Å². The molecule has 0 aliphatic carbocycles. The summed E-state index contributed by atoms with van der Waals surface area (Å²) in [6.45, 7) is 10.6. The fraction of sp³-hybridized carbons (Fsp3) is 1.00. The van der Waals surface area contributed by atoms with Crippen LogP contribution in [0.3, 0.4) is 0 Å². The van der Waals surface area contributed by atoms with Crippen LogP contribution in [0.5, 0.6) is 0 Å². The van der Waals surface area contributed by atoms with Gasteiger partial charge in [-0.05, 0) is 42.9 Å². The molecule has 18 heavy (non-hydrogen) atoms. The lowest BCUT2D eigenvalue weighted by Gasteiger charge is -2.57. The van der Waals surface area contributed by atoms with Crippen molar-refractivity contribution in [2.45, 2.75) is 52.0 Å². The summed E-state index contributed by atoms with van der Waals surface area (Å²) in [5.41, 5.74) is 6.88. The SMILES string of the molecule is CCC1CCCN(C2(CN)CSCCC2(C)C)C1. The molecule has 0 spiro atoms. The van der Waals surface area contributed by atoms with Crippen molar-refractivity contribution in [3.8, 4) is 0 Å². The minimum absolute atomic E-state index is 0.240. The number of likely N-dealkylation sites (tertiary alicyclic amines) is 1. The Morgan fingerprint density at radius 3 is 2.78 bits per heavy atom. The Labute approximate surface area is 117 Å². The summed E-state index contributed by atoms with van der Waals surface area (Å²) < 4.78 is 0. The fourth-order valence-electron chi connectivity index (χ4n) is 3.77. The monoisotopic (exact) mass is 270 g/mol. The topological polar surface area (TPSA) is 29.3 Å². The highest BCUT2D eigenvalue weighted by Gasteiger charge is 2.50. The van der Waals surface area contributed by atoms with Crippen LogP contribution in [0.4, 0.5) is 0 Å². The summed E-state index contributed by atoms with van der Waals surface area (Å²) in [7, 11) is 0. The first-order chi connectivity index (χ1) is 8.55. The molecule has 2 unspecified atom stereocenters. The van der Waals surface area contributed by atoms with Crippen molar-refractivity contribution >= 4 is 11.8 Å². The van der Waals surface area contributed by atoms with Gasteiger partial charge in [0.15, 0.2) is 0 Å². The predicted octanol–water partition coefficient (Wildman–Crippen LogP) is 2.97. The first kappa shape index (κ1) is 14.7. The zero-order valence-corrected chi connectivity index (χ0v) is 13.2. The second kappa shape index (κ2) is 5.72. The molecule has 0 aromatic heterocycles. The first-order valence-electron chi connectivity index (χ1n) is 7.58. The molecule has 2 aliphatic rings. The molecular weight excluding hydrogens is 240 g/mol. The maximum atomic E-state index is 6.28. The van der Waals surface area contributed by atoms with E-state index in [1.54, 1.807) is 0 Å². The van der Waals surface area contributed by atoms with Crippen LogP contribution in [0.15, 0.2) is 0 Å². The first-order valence-corrected chi connectivity index (χ1v) is 8.74. The maximum Gasteiger partial charge on any atom is 0.0473 e. The number of piperidine rings is 1. The third-order valence-corrected chi connectivity index (χ3v) is 6.69. The van der Waals surface area contributed by atoms with Crippen molar-refractivity contribution in [2.24, 2.45) is 17.1 Å². The Bertz CT molecular complexity index is 280. The van der Waals surface area contributed by atoms with Gasteiger partial charge < -0.3 is 5.73 Å². The lowest BCUT2D eigenvalue weighted by atomic mass is 9.68. The van der Waals surface area contributed by atoms with E-state index in [9.17, 15) is 0 Å². The number of thioether (sulfide) groups is 1. The second-order valence-corrected chi connectivity index (χ2v) is 7.89. The molecule has 0 amide bonds. The molecule has 2 nitrogen and oxygen atoms in total. The Hall–Kier alpha value is 0.270. The van der Waals surface area contributed by atoms with Gasteiger partial charge in [0, 0.05) is 24.4 Å². The molecule has 2 heterocycles. The lowest BCUT2D eigenvalue weighted by Crippen LogP contribution is -2.67. The van der Waals surface area contributed by atoms with E-state index in [4.69, 9.17) is 5.73 Å². The standard InChI is InChI=1S/C15H30N2S/c1-4-13-6-5-8-17(10-13)15(11-16)12-18-9-7-14(15,2)3/h13H,4-12,16H2,1-3H3. The van der Waals surface area contributed by atoms with Gasteiger partial charge in [-0.25, -0.2) is 0 Å². The van der Waals surface area contributed by atoms with Gasteiger partial charge in [-0.1, -0.05) is 27.2 Å². The molecular formula is C15H30N2S. The summed E-state index contributed by atoms with van der Waals surface area (Å²) in [6, 6.07) is 0. The number of nitrogens with zero attached hydrogens (tertiary/aromatic N) is 1. The molecule has 0 radical (unpaired) electrons. The normalized spacial score (nSPS) is 37.7. The molecule has 106 valence electrons. The van der Waals surface area contributed by atoms with Gasteiger partial charge in [0.1, 0.15) is 0 Å². The summed E-state index contributed by atoms with van der Waals surface area (Å²) in [6.07, 6.45) is 5.41.